The third-order valence-corrected chi connectivity index (χ3v) is 3.38. The number of hydrogen-bond acceptors (Lipinski definition) is 3. The van der Waals surface area contributed by atoms with Crippen molar-refractivity contribution in [1.82, 2.24) is 15.2 Å². The third kappa shape index (κ3) is 4.24. The monoisotopic (exact) mass is 245 g/mol. The van der Waals surface area contributed by atoms with Gasteiger partial charge in [-0.15, -0.1) is 0 Å². The Kier molecular flexibility index (Phi) is 4.90. The van der Waals surface area contributed by atoms with Crippen molar-refractivity contribution < 1.29 is 0 Å². The predicted octanol–water partition coefficient (Wildman–Crippen LogP) is 2.21. The van der Waals surface area contributed by atoms with Crippen LogP contribution in [-0.4, -0.2) is 35.6 Å². The van der Waals surface area contributed by atoms with Crippen LogP contribution in [0.2, 0.25) is 0 Å². The maximum atomic E-state index is 4.33. The molecule has 0 atom stereocenters. The fourth-order valence-corrected chi connectivity index (χ4v) is 2.43. The molecule has 1 aromatic heterocycles. The van der Waals surface area contributed by atoms with E-state index >= 15 is 0 Å². The second-order valence-electron chi connectivity index (χ2n) is 5.21. The summed E-state index contributed by atoms with van der Waals surface area (Å²) in [7, 11) is 0. The second kappa shape index (κ2) is 6.66. The summed E-state index contributed by atoms with van der Waals surface area (Å²) in [5.41, 5.74) is 2.39. The molecular formula is C15H23N3. The molecule has 0 spiro atoms. The van der Waals surface area contributed by atoms with Crippen molar-refractivity contribution in [3.8, 4) is 0 Å². The van der Waals surface area contributed by atoms with Gasteiger partial charge in [0.2, 0.25) is 0 Å². The van der Waals surface area contributed by atoms with E-state index in [1.54, 1.807) is 0 Å². The van der Waals surface area contributed by atoms with Gasteiger partial charge in [0.05, 0.1) is 5.69 Å². The largest absolute Gasteiger partial charge is 0.308 e. The molecule has 0 unspecified atom stereocenters. The van der Waals surface area contributed by atoms with E-state index in [2.05, 4.69) is 34.8 Å². The minimum absolute atomic E-state index is 0.633. The zero-order chi connectivity index (χ0) is 12.8. The number of nitrogens with one attached hydrogen (secondary N) is 1. The molecular weight excluding hydrogens is 222 g/mol. The molecule has 1 saturated heterocycles. The molecule has 0 amide bonds. The van der Waals surface area contributed by atoms with Crippen LogP contribution in [-0.2, 0) is 6.54 Å². The Morgan fingerprint density at radius 2 is 2.22 bits per heavy atom. The predicted molar refractivity (Wildman–Crippen MR) is 75.4 cm³/mol. The molecule has 0 saturated carbocycles. The average molecular weight is 245 g/mol. The molecule has 2 heterocycles. The van der Waals surface area contributed by atoms with Crippen LogP contribution in [0.3, 0.4) is 0 Å². The highest BCUT2D eigenvalue weighted by atomic mass is 15.1. The van der Waals surface area contributed by atoms with Crippen LogP contribution >= 0.6 is 0 Å². The highest BCUT2D eigenvalue weighted by Crippen LogP contribution is 2.11. The van der Waals surface area contributed by atoms with Crippen LogP contribution in [0.25, 0.3) is 0 Å². The van der Waals surface area contributed by atoms with E-state index in [-0.39, 0.29) is 0 Å². The molecule has 3 nitrogen and oxygen atoms in total. The van der Waals surface area contributed by atoms with E-state index in [0.717, 1.165) is 18.8 Å². The van der Waals surface area contributed by atoms with Gasteiger partial charge in [-0.1, -0.05) is 18.2 Å². The summed E-state index contributed by atoms with van der Waals surface area (Å²) in [6.45, 7) is 10.4. The van der Waals surface area contributed by atoms with Crippen LogP contribution in [0.1, 0.15) is 25.5 Å². The van der Waals surface area contributed by atoms with E-state index in [9.17, 15) is 0 Å². The summed E-state index contributed by atoms with van der Waals surface area (Å²) in [6.07, 6.45) is 4.30. The smallest absolute Gasteiger partial charge is 0.0541 e. The molecule has 98 valence electrons. The Morgan fingerprint density at radius 3 is 2.83 bits per heavy atom. The quantitative estimate of drug-likeness (QED) is 0.806. The summed E-state index contributed by atoms with van der Waals surface area (Å²) in [6, 6.07) is 6.70. The molecule has 3 heteroatoms. The third-order valence-electron chi connectivity index (χ3n) is 3.38. The summed E-state index contributed by atoms with van der Waals surface area (Å²) in [5.74, 6) is 0. The lowest BCUT2D eigenvalue weighted by molar-refractivity contribution is 0.211. The number of nitrogens with zero attached hydrogens (tertiary/aromatic N) is 2. The maximum absolute atomic E-state index is 4.33. The minimum Gasteiger partial charge on any atom is -0.308 e. The summed E-state index contributed by atoms with van der Waals surface area (Å²) in [4.78, 5) is 6.82. The number of likely N-dealkylation sites (tertiary alicyclic amines) is 1. The molecule has 18 heavy (non-hydrogen) atoms. The lowest BCUT2D eigenvalue weighted by atomic mass is 10.0. The van der Waals surface area contributed by atoms with E-state index in [1.807, 2.05) is 18.3 Å². The number of hydrogen-bond donors (Lipinski definition) is 1. The summed E-state index contributed by atoms with van der Waals surface area (Å²) in [5, 5.41) is 3.60. The molecule has 0 aliphatic carbocycles. The second-order valence-corrected chi connectivity index (χ2v) is 5.21. The topological polar surface area (TPSA) is 28.2 Å². The van der Waals surface area contributed by atoms with Crippen LogP contribution in [0, 0.1) is 0 Å². The normalized spacial score (nSPS) is 17.8. The Bertz CT molecular complexity index is 367. The van der Waals surface area contributed by atoms with Gasteiger partial charge in [-0.2, -0.15) is 0 Å². The number of rotatable bonds is 5. The molecule has 0 radical (unpaired) electrons. The van der Waals surface area contributed by atoms with Gasteiger partial charge in [-0.25, -0.2) is 0 Å². The summed E-state index contributed by atoms with van der Waals surface area (Å²) < 4.78 is 0. The SMILES string of the molecule is C=C(C)CN1CCC(NCc2ccccn2)CC1. The van der Waals surface area contributed by atoms with Crippen LogP contribution in [0.15, 0.2) is 36.5 Å². The molecule has 1 N–H and O–H groups in total. The van der Waals surface area contributed by atoms with E-state index < -0.39 is 0 Å². The first-order valence-electron chi connectivity index (χ1n) is 6.74. The highest BCUT2D eigenvalue weighted by Gasteiger charge is 2.18. The first kappa shape index (κ1) is 13.2. The van der Waals surface area contributed by atoms with Crippen LogP contribution < -0.4 is 5.32 Å². The minimum atomic E-state index is 0.633. The molecule has 2 rings (SSSR count). The molecule has 1 aromatic rings. The van der Waals surface area contributed by atoms with Crippen molar-refractivity contribution >= 4 is 0 Å². The molecule has 1 fully saturated rings. The average Bonchev–Trinajstić information content (AvgIpc) is 2.38. The zero-order valence-corrected chi connectivity index (χ0v) is 11.2. The van der Waals surface area contributed by atoms with Crippen molar-refractivity contribution in [2.75, 3.05) is 19.6 Å². The first-order valence-corrected chi connectivity index (χ1v) is 6.74. The van der Waals surface area contributed by atoms with Gasteiger partial charge < -0.3 is 5.32 Å². The van der Waals surface area contributed by atoms with Crippen molar-refractivity contribution in [2.45, 2.75) is 32.4 Å². The van der Waals surface area contributed by atoms with Crippen LogP contribution in [0.4, 0.5) is 0 Å². The van der Waals surface area contributed by atoms with Gasteiger partial charge in [0.1, 0.15) is 0 Å². The van der Waals surface area contributed by atoms with E-state index in [4.69, 9.17) is 0 Å². The van der Waals surface area contributed by atoms with Crippen molar-refractivity contribution in [3.63, 3.8) is 0 Å². The molecule has 1 aliphatic heterocycles. The molecule has 1 aliphatic rings. The standard InChI is InChI=1S/C15H23N3/c1-13(2)12-18-9-6-14(7-10-18)17-11-15-5-3-4-8-16-15/h3-5,8,14,17H,1,6-7,9-12H2,2H3. The first-order chi connectivity index (χ1) is 8.74. The van der Waals surface area contributed by atoms with E-state index in [0.29, 0.717) is 6.04 Å². The van der Waals surface area contributed by atoms with Gasteiger partial charge >= 0.3 is 0 Å². The lowest BCUT2D eigenvalue weighted by Crippen LogP contribution is -2.42. The number of pyridine rings is 1. The van der Waals surface area contributed by atoms with Crippen molar-refractivity contribution in [3.05, 3.63) is 42.2 Å². The molecule has 0 aromatic carbocycles. The Balaban J connectivity index is 1.69. The molecule has 0 bridgehead atoms. The fourth-order valence-electron chi connectivity index (χ4n) is 2.43. The van der Waals surface area contributed by atoms with Gasteiger partial charge in [-0.05, 0) is 45.0 Å². The van der Waals surface area contributed by atoms with Gasteiger partial charge in [0.25, 0.3) is 0 Å². The summed E-state index contributed by atoms with van der Waals surface area (Å²) >= 11 is 0. The number of piperidine rings is 1. The van der Waals surface area contributed by atoms with Gasteiger partial charge in [0, 0.05) is 25.3 Å². The Hall–Kier alpha value is -1.19. The Morgan fingerprint density at radius 1 is 1.44 bits per heavy atom. The van der Waals surface area contributed by atoms with E-state index in [1.165, 1.54) is 31.5 Å². The zero-order valence-electron chi connectivity index (χ0n) is 11.2. The fraction of sp³-hybridized carbons (Fsp3) is 0.533. The van der Waals surface area contributed by atoms with Crippen LogP contribution in [0.5, 0.6) is 0 Å². The van der Waals surface area contributed by atoms with Crippen molar-refractivity contribution in [2.24, 2.45) is 0 Å². The van der Waals surface area contributed by atoms with Crippen molar-refractivity contribution in [1.29, 1.82) is 0 Å². The lowest BCUT2D eigenvalue weighted by Gasteiger charge is -2.32. The highest BCUT2D eigenvalue weighted by molar-refractivity contribution is 5.03. The number of aromatic nitrogens is 1. The maximum Gasteiger partial charge on any atom is 0.0541 e. The van der Waals surface area contributed by atoms with Gasteiger partial charge in [-0.3, -0.25) is 9.88 Å². The Labute approximate surface area is 110 Å². The van der Waals surface area contributed by atoms with Gasteiger partial charge in [0.15, 0.2) is 0 Å².